The standard InChI is InChI=1S/C9H16N4OS/c1-2-13-3-4-14-8(6-13)5-10-9-11-7-12-15-9/h7-8H,2-6H2,1H3,(H,10,11,12). The second-order valence-corrected chi connectivity index (χ2v) is 4.29. The van der Waals surface area contributed by atoms with Crippen LogP contribution >= 0.6 is 11.5 Å². The Morgan fingerprint density at radius 1 is 1.73 bits per heavy atom. The molecule has 1 saturated heterocycles. The van der Waals surface area contributed by atoms with Crippen LogP contribution in [0, 0.1) is 0 Å². The zero-order valence-electron chi connectivity index (χ0n) is 8.85. The summed E-state index contributed by atoms with van der Waals surface area (Å²) in [6.07, 6.45) is 1.83. The van der Waals surface area contributed by atoms with Crippen molar-refractivity contribution >= 4 is 16.7 Å². The van der Waals surface area contributed by atoms with Crippen LogP contribution in [0.4, 0.5) is 5.13 Å². The first kappa shape index (κ1) is 10.8. The molecule has 0 amide bonds. The summed E-state index contributed by atoms with van der Waals surface area (Å²) >= 11 is 1.38. The summed E-state index contributed by atoms with van der Waals surface area (Å²) in [5.74, 6) is 0. The van der Waals surface area contributed by atoms with E-state index in [-0.39, 0.29) is 6.10 Å². The summed E-state index contributed by atoms with van der Waals surface area (Å²) < 4.78 is 9.59. The molecule has 1 aliphatic heterocycles. The van der Waals surface area contributed by atoms with Crippen LogP contribution in [0.15, 0.2) is 6.33 Å². The van der Waals surface area contributed by atoms with Crippen molar-refractivity contribution in [3.8, 4) is 0 Å². The molecule has 15 heavy (non-hydrogen) atoms. The molecule has 1 fully saturated rings. The van der Waals surface area contributed by atoms with Crippen LogP contribution in [0.5, 0.6) is 0 Å². The Balaban J connectivity index is 1.74. The Kier molecular flexibility index (Phi) is 3.87. The molecule has 1 N–H and O–H groups in total. The van der Waals surface area contributed by atoms with Gasteiger partial charge >= 0.3 is 0 Å². The Morgan fingerprint density at radius 2 is 2.67 bits per heavy atom. The van der Waals surface area contributed by atoms with Crippen LogP contribution in [0.3, 0.4) is 0 Å². The Bertz CT molecular complexity index is 280. The average Bonchev–Trinajstić information content (AvgIpc) is 2.79. The van der Waals surface area contributed by atoms with E-state index in [1.165, 1.54) is 11.5 Å². The Morgan fingerprint density at radius 3 is 3.40 bits per heavy atom. The summed E-state index contributed by atoms with van der Waals surface area (Å²) in [6.45, 7) is 6.97. The van der Waals surface area contributed by atoms with Gasteiger partial charge in [0.25, 0.3) is 0 Å². The van der Waals surface area contributed by atoms with Crippen molar-refractivity contribution in [1.82, 2.24) is 14.3 Å². The predicted molar refractivity (Wildman–Crippen MR) is 60.3 cm³/mol. The van der Waals surface area contributed by atoms with E-state index < -0.39 is 0 Å². The molecule has 5 nitrogen and oxygen atoms in total. The summed E-state index contributed by atoms with van der Waals surface area (Å²) in [6, 6.07) is 0. The molecule has 2 heterocycles. The minimum absolute atomic E-state index is 0.266. The highest BCUT2D eigenvalue weighted by Gasteiger charge is 2.18. The molecule has 0 radical (unpaired) electrons. The van der Waals surface area contributed by atoms with Crippen molar-refractivity contribution in [2.75, 3.05) is 38.1 Å². The van der Waals surface area contributed by atoms with E-state index in [4.69, 9.17) is 4.74 Å². The molecule has 0 aromatic carbocycles. The van der Waals surface area contributed by atoms with Crippen LogP contribution in [0.25, 0.3) is 0 Å². The highest BCUT2D eigenvalue weighted by atomic mass is 32.1. The molecule has 1 aromatic heterocycles. The second kappa shape index (κ2) is 5.39. The topological polar surface area (TPSA) is 50.3 Å². The molecule has 1 aromatic rings. The molecule has 1 atom stereocenters. The molecular weight excluding hydrogens is 212 g/mol. The lowest BCUT2D eigenvalue weighted by atomic mass is 10.2. The van der Waals surface area contributed by atoms with E-state index in [0.29, 0.717) is 0 Å². The summed E-state index contributed by atoms with van der Waals surface area (Å²) in [4.78, 5) is 6.47. The van der Waals surface area contributed by atoms with Gasteiger partial charge in [-0.15, -0.1) is 0 Å². The number of aromatic nitrogens is 2. The second-order valence-electron chi connectivity index (χ2n) is 3.51. The van der Waals surface area contributed by atoms with Gasteiger partial charge in [-0.3, -0.25) is 4.90 Å². The molecule has 0 aliphatic carbocycles. The molecule has 1 aliphatic rings. The smallest absolute Gasteiger partial charge is 0.202 e. The lowest BCUT2D eigenvalue weighted by Crippen LogP contribution is -2.45. The van der Waals surface area contributed by atoms with E-state index in [9.17, 15) is 0 Å². The van der Waals surface area contributed by atoms with Gasteiger partial charge in [0, 0.05) is 31.2 Å². The molecule has 6 heteroatoms. The Hall–Kier alpha value is -0.720. The first-order chi connectivity index (χ1) is 7.38. The van der Waals surface area contributed by atoms with Gasteiger partial charge < -0.3 is 10.1 Å². The van der Waals surface area contributed by atoms with Gasteiger partial charge in [0.05, 0.1) is 12.7 Å². The molecule has 0 saturated carbocycles. The van der Waals surface area contributed by atoms with Gasteiger partial charge in [-0.1, -0.05) is 6.92 Å². The zero-order valence-corrected chi connectivity index (χ0v) is 9.66. The number of hydrogen-bond donors (Lipinski definition) is 1. The van der Waals surface area contributed by atoms with Crippen LogP contribution in [0.1, 0.15) is 6.92 Å². The minimum atomic E-state index is 0.266. The lowest BCUT2D eigenvalue weighted by Gasteiger charge is -2.31. The van der Waals surface area contributed by atoms with E-state index in [0.717, 1.165) is 37.9 Å². The summed E-state index contributed by atoms with van der Waals surface area (Å²) in [5, 5.41) is 4.10. The van der Waals surface area contributed by atoms with Crippen molar-refractivity contribution in [3.05, 3.63) is 6.33 Å². The van der Waals surface area contributed by atoms with E-state index in [2.05, 4.69) is 26.5 Å². The largest absolute Gasteiger partial charge is 0.374 e. The molecule has 1 unspecified atom stereocenters. The van der Waals surface area contributed by atoms with Gasteiger partial charge in [-0.25, -0.2) is 4.98 Å². The molecular formula is C9H16N4OS. The predicted octanol–water partition coefficient (Wildman–Crippen LogP) is 0.671. The lowest BCUT2D eigenvalue weighted by molar-refractivity contribution is -0.0191. The summed E-state index contributed by atoms with van der Waals surface area (Å²) in [5.41, 5.74) is 0. The number of likely N-dealkylation sites (N-methyl/N-ethyl adjacent to an activating group) is 1. The number of hydrogen-bond acceptors (Lipinski definition) is 6. The van der Waals surface area contributed by atoms with E-state index in [1.54, 1.807) is 6.33 Å². The molecule has 0 spiro atoms. The van der Waals surface area contributed by atoms with Crippen LogP contribution in [-0.2, 0) is 4.74 Å². The van der Waals surface area contributed by atoms with Gasteiger partial charge in [0.2, 0.25) is 5.13 Å². The first-order valence-corrected chi connectivity index (χ1v) is 6.00. The van der Waals surface area contributed by atoms with E-state index in [1.807, 2.05) is 0 Å². The number of morpholine rings is 1. The number of rotatable bonds is 4. The SMILES string of the molecule is CCN1CCOC(CNc2ncns2)C1. The van der Waals surface area contributed by atoms with Crippen molar-refractivity contribution in [1.29, 1.82) is 0 Å². The number of ether oxygens (including phenoxy) is 1. The summed E-state index contributed by atoms with van der Waals surface area (Å²) in [7, 11) is 0. The molecule has 0 bridgehead atoms. The minimum Gasteiger partial charge on any atom is -0.374 e. The fraction of sp³-hybridized carbons (Fsp3) is 0.778. The fourth-order valence-electron chi connectivity index (χ4n) is 1.64. The number of anilines is 1. The first-order valence-electron chi connectivity index (χ1n) is 5.23. The van der Waals surface area contributed by atoms with E-state index >= 15 is 0 Å². The third-order valence-corrected chi connectivity index (χ3v) is 3.13. The number of nitrogens with one attached hydrogen (secondary N) is 1. The molecule has 84 valence electrons. The van der Waals surface area contributed by atoms with Crippen molar-refractivity contribution in [3.63, 3.8) is 0 Å². The quantitative estimate of drug-likeness (QED) is 0.821. The van der Waals surface area contributed by atoms with Crippen LogP contribution in [-0.4, -0.2) is 53.1 Å². The van der Waals surface area contributed by atoms with Gasteiger partial charge in [-0.2, -0.15) is 4.37 Å². The number of nitrogens with zero attached hydrogens (tertiary/aromatic N) is 3. The maximum Gasteiger partial charge on any atom is 0.202 e. The highest BCUT2D eigenvalue weighted by Crippen LogP contribution is 2.09. The normalized spacial score (nSPS) is 22.9. The Labute approximate surface area is 93.6 Å². The van der Waals surface area contributed by atoms with Gasteiger partial charge in [-0.05, 0) is 6.54 Å². The average molecular weight is 228 g/mol. The molecule has 2 rings (SSSR count). The van der Waals surface area contributed by atoms with Gasteiger partial charge in [0.1, 0.15) is 6.33 Å². The monoisotopic (exact) mass is 228 g/mol. The fourth-order valence-corrected chi connectivity index (χ4v) is 2.08. The highest BCUT2D eigenvalue weighted by molar-refractivity contribution is 7.09. The van der Waals surface area contributed by atoms with Crippen molar-refractivity contribution in [2.45, 2.75) is 13.0 Å². The zero-order chi connectivity index (χ0) is 10.5. The third-order valence-electron chi connectivity index (χ3n) is 2.51. The van der Waals surface area contributed by atoms with Gasteiger partial charge in [0.15, 0.2) is 0 Å². The van der Waals surface area contributed by atoms with Crippen LogP contribution < -0.4 is 5.32 Å². The van der Waals surface area contributed by atoms with Crippen molar-refractivity contribution in [2.24, 2.45) is 0 Å². The third kappa shape index (κ3) is 3.12. The maximum atomic E-state index is 5.66. The van der Waals surface area contributed by atoms with Crippen molar-refractivity contribution < 1.29 is 4.74 Å². The van der Waals surface area contributed by atoms with Crippen LogP contribution in [0.2, 0.25) is 0 Å². The maximum absolute atomic E-state index is 5.66.